The molecule has 4 fully saturated rings. The fraction of sp³-hybridized carbons (Fsp3) is 0.650. The Bertz CT molecular complexity index is 1810. The number of piperidine rings is 2. The van der Waals surface area contributed by atoms with E-state index in [0.29, 0.717) is 56.6 Å². The molecular formula is C40H60FN9O5S. The standard InChI is InChI=1S/C40H60FN9O5S/c1-29(2)50(30(3)4)39(52)34-22-32(41)9-10-35(34)55-36-23-42-28-43-38(36)47-26-40(27-47)14-20-46(21-15-40)24-31-11-17-48(18-12-31)56(53,54)49-19-13-33(25-49)44-37(51)8-7-16-45(5)6/h7-10,22-23,28-31,33H,11-21,24-27H2,1-6H3,(H,44,51)/b8-7+/t33-/m1/s1. The third-order valence-electron chi connectivity index (χ3n) is 11.6. The first-order valence-corrected chi connectivity index (χ1v) is 21.5. The normalized spacial score (nSPS) is 21.4. The first kappa shape index (κ1) is 41.9. The number of nitrogens with zero attached hydrogens (tertiary/aromatic N) is 8. The molecule has 56 heavy (non-hydrogen) atoms. The van der Waals surface area contributed by atoms with Gasteiger partial charge in [-0.2, -0.15) is 17.0 Å². The van der Waals surface area contributed by atoms with Crippen molar-refractivity contribution < 1.29 is 27.1 Å². The van der Waals surface area contributed by atoms with Gasteiger partial charge in [-0.3, -0.25) is 9.59 Å². The SMILES string of the molecule is CC(C)N(C(=O)c1cc(F)ccc1Oc1cncnc1N1CC2(CCN(CC3CCN(S(=O)(=O)N4CC[C@@H](NC(=O)/C=C/CN(C)C)C4)CC3)CC2)C1)C(C)C. The lowest BCUT2D eigenvalue weighted by Crippen LogP contribution is -2.61. The van der Waals surface area contributed by atoms with Gasteiger partial charge in [-0.15, -0.1) is 0 Å². The molecule has 1 N–H and O–H groups in total. The van der Waals surface area contributed by atoms with Crippen molar-refractivity contribution in [3.8, 4) is 11.5 Å². The average molecular weight is 798 g/mol. The van der Waals surface area contributed by atoms with Gasteiger partial charge in [0.05, 0.1) is 11.8 Å². The van der Waals surface area contributed by atoms with Crippen LogP contribution in [-0.2, 0) is 15.0 Å². The zero-order valence-corrected chi connectivity index (χ0v) is 34.7. The van der Waals surface area contributed by atoms with E-state index < -0.39 is 16.0 Å². The quantitative estimate of drug-likeness (QED) is 0.281. The molecule has 4 aliphatic heterocycles. The molecule has 1 atom stereocenters. The van der Waals surface area contributed by atoms with Crippen LogP contribution >= 0.6 is 0 Å². The Morgan fingerprint density at radius 2 is 1.68 bits per heavy atom. The number of halogens is 1. The highest BCUT2D eigenvalue weighted by molar-refractivity contribution is 7.86. The van der Waals surface area contributed by atoms with Gasteiger partial charge in [-0.25, -0.2) is 14.4 Å². The molecule has 1 aromatic carbocycles. The fourth-order valence-electron chi connectivity index (χ4n) is 8.67. The van der Waals surface area contributed by atoms with Crippen LogP contribution in [0.4, 0.5) is 10.2 Å². The summed E-state index contributed by atoms with van der Waals surface area (Å²) >= 11 is 0. The van der Waals surface area contributed by atoms with Crippen LogP contribution in [0.15, 0.2) is 42.9 Å². The molecule has 5 heterocycles. The second-order valence-electron chi connectivity index (χ2n) is 16.9. The number of carbonyl (C=O) groups excluding carboxylic acids is 2. The van der Waals surface area contributed by atoms with Crippen molar-refractivity contribution in [2.45, 2.75) is 77.9 Å². The van der Waals surface area contributed by atoms with Gasteiger partial charge in [-0.1, -0.05) is 6.08 Å². The van der Waals surface area contributed by atoms with Crippen molar-refractivity contribution in [2.24, 2.45) is 11.3 Å². The third kappa shape index (κ3) is 9.87. The number of likely N-dealkylation sites (tertiary alicyclic amines) is 1. The molecule has 0 aliphatic carbocycles. The summed E-state index contributed by atoms with van der Waals surface area (Å²) in [6.45, 7) is 14.8. The van der Waals surface area contributed by atoms with Crippen LogP contribution in [0.2, 0.25) is 0 Å². The van der Waals surface area contributed by atoms with Gasteiger partial charge in [0.25, 0.3) is 16.1 Å². The molecule has 16 heteroatoms. The number of nitrogens with one attached hydrogen (secondary N) is 1. The molecule has 2 aromatic rings. The Balaban J connectivity index is 0.962. The summed E-state index contributed by atoms with van der Waals surface area (Å²) in [7, 11) is 0.293. The first-order valence-electron chi connectivity index (χ1n) is 20.1. The van der Waals surface area contributed by atoms with E-state index in [1.807, 2.05) is 46.7 Å². The largest absolute Gasteiger partial charge is 0.451 e. The van der Waals surface area contributed by atoms with E-state index in [1.54, 1.807) is 21.5 Å². The van der Waals surface area contributed by atoms with Crippen LogP contribution in [0.5, 0.6) is 11.5 Å². The number of ether oxygens (including phenoxy) is 1. The van der Waals surface area contributed by atoms with Crippen molar-refractivity contribution in [2.75, 3.05) is 84.4 Å². The number of aromatic nitrogens is 2. The molecule has 1 spiro atoms. The molecule has 2 amide bonds. The third-order valence-corrected chi connectivity index (χ3v) is 13.6. The molecule has 14 nitrogen and oxygen atoms in total. The van der Waals surface area contributed by atoms with E-state index in [1.165, 1.54) is 34.9 Å². The van der Waals surface area contributed by atoms with E-state index >= 15 is 0 Å². The maximum atomic E-state index is 14.4. The predicted molar refractivity (Wildman–Crippen MR) is 214 cm³/mol. The van der Waals surface area contributed by atoms with Gasteiger partial charge in [0.1, 0.15) is 17.9 Å². The van der Waals surface area contributed by atoms with Crippen LogP contribution in [0, 0.1) is 17.2 Å². The Hall–Kier alpha value is -3.70. The Labute approximate surface area is 332 Å². The molecule has 308 valence electrons. The Morgan fingerprint density at radius 3 is 2.34 bits per heavy atom. The summed E-state index contributed by atoms with van der Waals surface area (Å²) in [5.74, 6) is 0.805. The second kappa shape index (κ2) is 17.8. The number of likely N-dealkylation sites (N-methyl/N-ethyl adjacent to an activating group) is 1. The minimum Gasteiger partial charge on any atom is -0.451 e. The number of benzene rings is 1. The van der Waals surface area contributed by atoms with Crippen molar-refractivity contribution in [1.29, 1.82) is 0 Å². The summed E-state index contributed by atoms with van der Waals surface area (Å²) in [6, 6.07) is 3.69. The van der Waals surface area contributed by atoms with Crippen LogP contribution in [0.3, 0.4) is 0 Å². The van der Waals surface area contributed by atoms with Crippen molar-refractivity contribution in [3.05, 3.63) is 54.3 Å². The van der Waals surface area contributed by atoms with E-state index in [4.69, 9.17) is 4.74 Å². The van der Waals surface area contributed by atoms with Gasteiger partial charge in [0, 0.05) is 82.0 Å². The molecule has 6 rings (SSSR count). The van der Waals surface area contributed by atoms with E-state index in [9.17, 15) is 22.4 Å². The molecule has 4 saturated heterocycles. The topological polar surface area (TPSA) is 135 Å². The summed E-state index contributed by atoms with van der Waals surface area (Å²) < 4.78 is 50.9. The second-order valence-corrected chi connectivity index (χ2v) is 18.8. The van der Waals surface area contributed by atoms with Crippen molar-refractivity contribution >= 4 is 27.8 Å². The van der Waals surface area contributed by atoms with Gasteiger partial charge >= 0.3 is 0 Å². The summed E-state index contributed by atoms with van der Waals surface area (Å²) in [6.07, 6.45) is 10.8. The molecule has 1 aromatic heterocycles. The van der Waals surface area contributed by atoms with E-state index in [0.717, 1.165) is 58.4 Å². The number of hydrogen-bond acceptors (Lipinski definition) is 10. The molecule has 4 aliphatic rings. The Kier molecular flexibility index (Phi) is 13.4. The number of rotatable bonds is 14. The minimum absolute atomic E-state index is 0.0757. The smallest absolute Gasteiger partial charge is 0.282 e. The maximum absolute atomic E-state index is 14.4. The lowest BCUT2D eigenvalue weighted by atomic mass is 9.72. The number of anilines is 1. The lowest BCUT2D eigenvalue weighted by Gasteiger charge is -2.54. The molecular weight excluding hydrogens is 738 g/mol. The molecule has 0 saturated carbocycles. The highest BCUT2D eigenvalue weighted by atomic mass is 32.2. The Morgan fingerprint density at radius 1 is 1.00 bits per heavy atom. The van der Waals surface area contributed by atoms with Crippen molar-refractivity contribution in [1.82, 2.24) is 38.6 Å². The van der Waals surface area contributed by atoms with Crippen molar-refractivity contribution in [3.63, 3.8) is 0 Å². The zero-order chi connectivity index (χ0) is 40.2. The highest BCUT2D eigenvalue weighted by Gasteiger charge is 2.46. The number of hydrogen-bond donors (Lipinski definition) is 1. The lowest BCUT2D eigenvalue weighted by molar-refractivity contribution is -0.117. The van der Waals surface area contributed by atoms with Crippen LogP contribution < -0.4 is 15.0 Å². The summed E-state index contributed by atoms with van der Waals surface area (Å²) in [4.78, 5) is 43.1. The minimum atomic E-state index is -3.57. The molecule has 0 radical (unpaired) electrons. The molecule has 0 bridgehead atoms. The predicted octanol–water partition coefficient (Wildman–Crippen LogP) is 3.83. The van der Waals surface area contributed by atoms with Crippen LogP contribution in [0.1, 0.15) is 70.2 Å². The van der Waals surface area contributed by atoms with E-state index in [-0.39, 0.29) is 46.7 Å². The van der Waals surface area contributed by atoms with Gasteiger partial charge in [-0.05, 0) is 111 Å². The number of amides is 2. The van der Waals surface area contributed by atoms with Crippen LogP contribution in [-0.4, -0.2) is 151 Å². The summed E-state index contributed by atoms with van der Waals surface area (Å²) in [5.41, 5.74) is 0.339. The monoisotopic (exact) mass is 797 g/mol. The molecule has 0 unspecified atom stereocenters. The average Bonchev–Trinajstić information content (AvgIpc) is 3.61. The van der Waals surface area contributed by atoms with Gasteiger partial charge in [0.15, 0.2) is 11.6 Å². The first-order chi connectivity index (χ1) is 26.6. The van der Waals surface area contributed by atoms with Crippen LogP contribution in [0.25, 0.3) is 0 Å². The highest BCUT2D eigenvalue weighted by Crippen LogP contribution is 2.45. The maximum Gasteiger partial charge on any atom is 0.282 e. The van der Waals surface area contributed by atoms with Gasteiger partial charge < -0.3 is 29.7 Å². The van der Waals surface area contributed by atoms with Gasteiger partial charge in [0.2, 0.25) is 5.91 Å². The number of carbonyl (C=O) groups is 2. The van der Waals surface area contributed by atoms with E-state index in [2.05, 4.69) is 25.1 Å². The zero-order valence-electron chi connectivity index (χ0n) is 33.9. The summed E-state index contributed by atoms with van der Waals surface area (Å²) in [5, 5.41) is 2.95. The fourth-order valence-corrected chi connectivity index (χ4v) is 10.4.